The van der Waals surface area contributed by atoms with Gasteiger partial charge in [-0.1, -0.05) is 31.8 Å². The number of hydrogen-bond acceptors (Lipinski definition) is 16. The minimum absolute atomic E-state index is 0. The largest absolute Gasteiger partial charge is 3.00 e. The Morgan fingerprint density at radius 2 is 1.34 bits per heavy atom. The van der Waals surface area contributed by atoms with Gasteiger partial charge in [0.1, 0.15) is 0 Å². The molecule has 4 N–H and O–H groups in total. The molecule has 0 spiro atoms. The van der Waals surface area contributed by atoms with Crippen molar-refractivity contribution in [3.05, 3.63) is 66.7 Å². The van der Waals surface area contributed by atoms with E-state index >= 15 is 0 Å². The number of ether oxygens (including phenoxy) is 2. The Labute approximate surface area is 363 Å². The summed E-state index contributed by atoms with van der Waals surface area (Å²) in [7, 11) is -3.84. The van der Waals surface area contributed by atoms with Gasteiger partial charge in [-0.3, -0.25) is 14.5 Å². The van der Waals surface area contributed by atoms with Gasteiger partial charge in [0, 0.05) is 11.4 Å². The average molecular weight is 1000 g/mol. The van der Waals surface area contributed by atoms with Gasteiger partial charge in [0.2, 0.25) is 0 Å². The van der Waals surface area contributed by atoms with Crippen molar-refractivity contribution in [3.8, 4) is 0 Å². The molecule has 0 atom stereocenters. The van der Waals surface area contributed by atoms with E-state index in [0.717, 1.165) is 10.2 Å². The van der Waals surface area contributed by atoms with Gasteiger partial charge in [-0.05, 0) is 89.6 Å². The molecule has 0 aliphatic heterocycles. The maximum absolute atomic E-state index is 12.7. The quantitative estimate of drug-likeness (QED) is 0.0446. The van der Waals surface area contributed by atoms with Crippen molar-refractivity contribution in [2.24, 2.45) is 10.2 Å². The van der Waals surface area contributed by atoms with Gasteiger partial charge in [0.15, 0.2) is 4.84 Å². The maximum atomic E-state index is 12.7. The number of benzene rings is 3. The summed E-state index contributed by atoms with van der Waals surface area (Å²) in [6, 6.07) is 17.5. The maximum Gasteiger partial charge on any atom is 3.00 e. The smallest absolute Gasteiger partial charge is 0.450 e. The molecule has 1 heterocycles. The van der Waals surface area contributed by atoms with Crippen LogP contribution in [0.1, 0.15) is 13.8 Å². The molecule has 24 heteroatoms. The molecule has 0 aliphatic rings. The number of thiazole rings is 1. The molecule has 14 nitrogen and oxygen atoms in total. The third kappa shape index (κ3) is 18.8. The Hall–Kier alpha value is -2.85. The SMILES string of the molecule is CCOC(=O)NC(=S)[S-].CCOC(=O)NC(=S)[S-].O=C(Nc1ccc(S(=O)(=O)Nc2ccc(N=Nc3ccc4nc([S-])sc4c3)cc2)cc1)C(Cl)Cl.[Sb+3]. The van der Waals surface area contributed by atoms with E-state index in [1.54, 1.807) is 44.2 Å². The minimum atomic E-state index is -3.84. The fourth-order valence-electron chi connectivity index (χ4n) is 3.30. The van der Waals surface area contributed by atoms with E-state index < -0.39 is 33.0 Å². The normalized spacial score (nSPS) is 10.4. The van der Waals surface area contributed by atoms with Crippen molar-refractivity contribution in [1.29, 1.82) is 0 Å². The van der Waals surface area contributed by atoms with Crippen LogP contribution in [0.2, 0.25) is 0 Å². The summed E-state index contributed by atoms with van der Waals surface area (Å²) in [5.74, 6) is -0.607. The van der Waals surface area contributed by atoms with Crippen molar-refractivity contribution < 1.29 is 32.3 Å². The number of alkyl halides is 2. The summed E-state index contributed by atoms with van der Waals surface area (Å²) in [4.78, 5) is 35.3. The second-order valence-electron chi connectivity index (χ2n) is 9.06. The van der Waals surface area contributed by atoms with Crippen molar-refractivity contribution in [2.45, 2.75) is 27.9 Å². The molecular formula is C29H26Cl2N7O7S7Sb. The van der Waals surface area contributed by atoms with E-state index in [1.165, 1.54) is 35.6 Å². The first kappa shape index (κ1) is 48.2. The number of fused-ring (bicyclic) bond motifs is 1. The number of amides is 3. The van der Waals surface area contributed by atoms with Gasteiger partial charge in [0.25, 0.3) is 15.9 Å². The molecule has 53 heavy (non-hydrogen) atoms. The average Bonchev–Trinajstić information content (AvgIpc) is 3.44. The van der Waals surface area contributed by atoms with Crippen molar-refractivity contribution in [1.82, 2.24) is 15.6 Å². The molecule has 3 amide bonds. The number of rotatable bonds is 9. The topological polar surface area (TPSA) is 190 Å². The van der Waals surface area contributed by atoms with Crippen LogP contribution in [-0.2, 0) is 62.2 Å². The summed E-state index contributed by atoms with van der Waals surface area (Å²) >= 11 is 35.0. The Balaban J connectivity index is 0.000000612. The van der Waals surface area contributed by atoms with Crippen LogP contribution in [0.15, 0.2) is 86.2 Å². The van der Waals surface area contributed by atoms with Crippen molar-refractivity contribution >= 4 is 191 Å². The monoisotopic (exact) mass is 999 g/mol. The zero-order chi connectivity index (χ0) is 38.8. The number of sulfonamides is 1. The summed E-state index contributed by atoms with van der Waals surface area (Å²) in [5, 5.41) is 15.1. The van der Waals surface area contributed by atoms with Crippen LogP contribution >= 0.6 is 59.0 Å². The summed E-state index contributed by atoms with van der Waals surface area (Å²) < 4.78 is 38.2. The summed E-state index contributed by atoms with van der Waals surface area (Å²) in [6.45, 7) is 4.05. The molecule has 0 aliphatic carbocycles. The molecule has 4 aromatic rings. The number of carbonyl (C=O) groups is 3. The van der Waals surface area contributed by atoms with Crippen LogP contribution in [0.5, 0.6) is 0 Å². The van der Waals surface area contributed by atoms with Gasteiger partial charge < -0.3 is 99.1 Å². The fourth-order valence-corrected chi connectivity index (χ4v) is 5.89. The predicted octanol–water partition coefficient (Wildman–Crippen LogP) is 6.91. The summed E-state index contributed by atoms with van der Waals surface area (Å²) in [5.41, 5.74) is 2.75. The predicted molar refractivity (Wildman–Crippen MR) is 223 cm³/mol. The van der Waals surface area contributed by atoms with Gasteiger partial charge in [0.05, 0.1) is 35.0 Å². The van der Waals surface area contributed by atoms with Crippen LogP contribution in [0.3, 0.4) is 0 Å². The molecule has 280 valence electrons. The van der Waals surface area contributed by atoms with Crippen LogP contribution in [0.4, 0.5) is 32.3 Å². The van der Waals surface area contributed by atoms with Gasteiger partial charge in [-0.2, -0.15) is 10.2 Å². The van der Waals surface area contributed by atoms with Crippen molar-refractivity contribution in [2.75, 3.05) is 23.3 Å². The number of thiocarbonyl (C=S) groups is 2. The Kier molecular flexibility index (Phi) is 22.3. The van der Waals surface area contributed by atoms with E-state index in [2.05, 4.69) is 95.1 Å². The van der Waals surface area contributed by atoms with Crippen LogP contribution in [0, 0.1) is 0 Å². The molecule has 0 fully saturated rings. The molecule has 2 radical (unpaired) electrons. The molecule has 0 saturated carbocycles. The van der Waals surface area contributed by atoms with Gasteiger partial charge in [-0.25, -0.2) is 18.0 Å². The first-order chi connectivity index (χ1) is 24.5. The number of anilines is 2. The molecule has 4 rings (SSSR count). The first-order valence-electron chi connectivity index (χ1n) is 14.1. The third-order valence-corrected chi connectivity index (χ3v) is 8.70. The Morgan fingerprint density at radius 3 is 1.83 bits per heavy atom. The standard InChI is InChI=1S/C21H15Cl2N5O3S3.2C4H7NO2S2.Sb/c22-19(23)20(29)24-12-5-8-16(9-6-12)34(30,31)28-14-3-1-13(2-4-14)26-27-15-7-10-17-18(11-15)33-21(32)25-17;2*1-2-7-3(6)5-4(8)9;/h1-11,19,28H,(H,24,29)(H,25,32);2*2H2,1H3,(H2,5,6,8,9);/q;;;+3/p-3. The molecular weight excluding hydrogens is 975 g/mol. The number of azo groups is 1. The molecule has 0 unspecified atom stereocenters. The summed E-state index contributed by atoms with van der Waals surface area (Å²) in [6.07, 6.45) is -1.17. The van der Waals surface area contributed by atoms with E-state index in [1.807, 2.05) is 12.1 Å². The zero-order valence-electron chi connectivity index (χ0n) is 27.1. The second-order valence-corrected chi connectivity index (χ2v) is 15.7. The molecule has 0 bridgehead atoms. The second kappa shape index (κ2) is 24.5. The number of alkyl carbamates (subject to hydrolysis) is 2. The van der Waals surface area contributed by atoms with Crippen LogP contribution in [0.25, 0.3) is 10.2 Å². The Morgan fingerprint density at radius 1 is 0.849 bits per heavy atom. The number of carbonyl (C=O) groups excluding carboxylic acids is 3. The number of nitrogens with one attached hydrogen (secondary N) is 4. The van der Waals surface area contributed by atoms with E-state index in [-0.39, 0.29) is 38.0 Å². The van der Waals surface area contributed by atoms with Gasteiger partial charge >= 0.3 is 36.6 Å². The number of hydrogen-bond donors (Lipinski definition) is 4. The van der Waals surface area contributed by atoms with E-state index in [9.17, 15) is 22.8 Å². The Bertz CT molecular complexity index is 1980. The number of nitrogens with zero attached hydrogens (tertiary/aromatic N) is 3. The zero-order valence-corrected chi connectivity index (χ0v) is 36.9. The van der Waals surface area contributed by atoms with Crippen LogP contribution < -0.4 is 20.7 Å². The first-order valence-corrected chi connectivity index (χ1v) is 19.3. The third-order valence-electron chi connectivity index (χ3n) is 5.34. The van der Waals surface area contributed by atoms with E-state index in [4.69, 9.17) is 35.8 Å². The number of aromatic nitrogens is 1. The van der Waals surface area contributed by atoms with Gasteiger partial charge in [-0.15, -0.1) is 0 Å². The molecule has 3 aromatic carbocycles. The minimum Gasteiger partial charge on any atom is -0.450 e. The number of halogens is 2. The molecule has 1 aromatic heterocycles. The van der Waals surface area contributed by atoms with E-state index in [0.29, 0.717) is 40.3 Å². The van der Waals surface area contributed by atoms with Crippen LogP contribution in [-0.4, -0.2) is 82.6 Å². The van der Waals surface area contributed by atoms with Crippen molar-refractivity contribution in [3.63, 3.8) is 0 Å². The fraction of sp³-hybridized carbons (Fsp3) is 0.172. The molecule has 0 saturated heterocycles.